The van der Waals surface area contributed by atoms with Crippen LogP contribution >= 0.6 is 0 Å². The average molecular weight is 280 g/mol. The van der Waals surface area contributed by atoms with E-state index in [4.69, 9.17) is 5.53 Å². The van der Waals surface area contributed by atoms with Gasteiger partial charge in [0.25, 0.3) is 0 Å². The van der Waals surface area contributed by atoms with Crippen LogP contribution in [0.2, 0.25) is 0 Å². The van der Waals surface area contributed by atoms with Crippen molar-refractivity contribution in [1.29, 1.82) is 0 Å². The van der Waals surface area contributed by atoms with Crippen molar-refractivity contribution in [2.45, 2.75) is 19.0 Å². The lowest BCUT2D eigenvalue weighted by Gasteiger charge is -2.11. The molecule has 2 aromatic rings. The van der Waals surface area contributed by atoms with E-state index in [0.717, 1.165) is 11.1 Å². The molecule has 5 heteroatoms. The van der Waals surface area contributed by atoms with Crippen molar-refractivity contribution in [3.8, 4) is 0 Å². The first-order valence-corrected chi connectivity index (χ1v) is 6.69. The minimum atomic E-state index is -0.480. The fourth-order valence-corrected chi connectivity index (χ4v) is 2.01. The maximum atomic E-state index is 12.0. The number of hydrogen-bond acceptors (Lipinski definition) is 2. The van der Waals surface area contributed by atoms with Crippen LogP contribution < -0.4 is 5.32 Å². The van der Waals surface area contributed by atoms with Gasteiger partial charge in [-0.3, -0.25) is 4.79 Å². The molecular weight excluding hydrogens is 264 g/mol. The van der Waals surface area contributed by atoms with Crippen LogP contribution in [0.1, 0.15) is 23.6 Å². The van der Waals surface area contributed by atoms with Gasteiger partial charge in [0.05, 0.1) is 6.04 Å². The normalized spacial score (nSPS) is 11.2. The van der Waals surface area contributed by atoms with E-state index in [0.29, 0.717) is 6.54 Å². The Morgan fingerprint density at radius 3 is 2.33 bits per heavy atom. The molecular formula is C16H16N4O. The second-order valence-corrected chi connectivity index (χ2v) is 4.60. The van der Waals surface area contributed by atoms with Gasteiger partial charge in [-0.1, -0.05) is 65.8 Å². The highest BCUT2D eigenvalue weighted by Crippen LogP contribution is 2.21. The zero-order valence-electron chi connectivity index (χ0n) is 11.5. The van der Waals surface area contributed by atoms with Crippen molar-refractivity contribution in [1.82, 2.24) is 5.32 Å². The summed E-state index contributed by atoms with van der Waals surface area (Å²) in [5.41, 5.74) is 10.5. The third-order valence-electron chi connectivity index (χ3n) is 3.09. The fourth-order valence-electron chi connectivity index (χ4n) is 2.01. The van der Waals surface area contributed by atoms with E-state index < -0.39 is 6.04 Å². The first-order valence-electron chi connectivity index (χ1n) is 6.69. The molecule has 5 nitrogen and oxygen atoms in total. The molecule has 0 aliphatic heterocycles. The Morgan fingerprint density at radius 1 is 1.10 bits per heavy atom. The zero-order chi connectivity index (χ0) is 14.9. The van der Waals surface area contributed by atoms with Gasteiger partial charge in [-0.05, 0) is 16.7 Å². The monoisotopic (exact) mass is 280 g/mol. The highest BCUT2D eigenvalue weighted by molar-refractivity contribution is 5.76. The minimum absolute atomic E-state index is 0.139. The van der Waals surface area contributed by atoms with Gasteiger partial charge in [-0.2, -0.15) is 0 Å². The Bertz CT molecular complexity index is 621. The number of azide groups is 1. The van der Waals surface area contributed by atoms with Gasteiger partial charge < -0.3 is 5.32 Å². The van der Waals surface area contributed by atoms with E-state index in [2.05, 4.69) is 15.3 Å². The molecule has 0 aromatic heterocycles. The molecule has 0 bridgehead atoms. The SMILES string of the molecule is [N-]=[N+]=NC(CC(=O)NCc1ccccc1)c1ccccc1. The molecule has 1 N–H and O–H groups in total. The second kappa shape index (κ2) is 7.72. The van der Waals surface area contributed by atoms with Gasteiger partial charge in [-0.15, -0.1) is 0 Å². The summed E-state index contributed by atoms with van der Waals surface area (Å²) < 4.78 is 0. The van der Waals surface area contributed by atoms with Gasteiger partial charge in [0.2, 0.25) is 5.91 Å². The Hall–Kier alpha value is -2.78. The van der Waals surface area contributed by atoms with E-state index >= 15 is 0 Å². The Balaban J connectivity index is 1.94. The van der Waals surface area contributed by atoms with Crippen molar-refractivity contribution in [2.24, 2.45) is 5.11 Å². The topological polar surface area (TPSA) is 77.9 Å². The number of carbonyl (C=O) groups excluding carboxylic acids is 1. The average Bonchev–Trinajstić information content (AvgIpc) is 2.54. The summed E-state index contributed by atoms with van der Waals surface area (Å²) in [7, 11) is 0. The predicted octanol–water partition coefficient (Wildman–Crippen LogP) is 3.74. The molecule has 106 valence electrons. The molecule has 0 aliphatic carbocycles. The smallest absolute Gasteiger partial charge is 0.221 e. The summed E-state index contributed by atoms with van der Waals surface area (Å²) in [6, 6.07) is 18.5. The summed E-state index contributed by atoms with van der Waals surface area (Å²) in [6.45, 7) is 0.470. The van der Waals surface area contributed by atoms with Crippen LogP contribution in [0.4, 0.5) is 0 Å². The van der Waals surface area contributed by atoms with E-state index in [1.54, 1.807) is 0 Å². The second-order valence-electron chi connectivity index (χ2n) is 4.60. The zero-order valence-corrected chi connectivity index (χ0v) is 11.5. The summed E-state index contributed by atoms with van der Waals surface area (Å²) in [5, 5.41) is 6.54. The molecule has 0 fully saturated rings. The summed E-state index contributed by atoms with van der Waals surface area (Å²) in [5.74, 6) is -0.139. The first-order chi connectivity index (χ1) is 10.3. The number of nitrogens with one attached hydrogen (secondary N) is 1. The molecule has 0 radical (unpaired) electrons. The number of nitrogens with zero attached hydrogens (tertiary/aromatic N) is 3. The van der Waals surface area contributed by atoms with E-state index in [1.807, 2.05) is 60.7 Å². The van der Waals surface area contributed by atoms with Crippen molar-refractivity contribution in [3.05, 3.63) is 82.2 Å². The maximum absolute atomic E-state index is 12.0. The molecule has 0 saturated carbocycles. The fraction of sp³-hybridized carbons (Fsp3) is 0.188. The third kappa shape index (κ3) is 4.67. The summed E-state index contributed by atoms with van der Waals surface area (Å²) in [6.07, 6.45) is 0.140. The highest BCUT2D eigenvalue weighted by Gasteiger charge is 2.14. The number of benzene rings is 2. The highest BCUT2D eigenvalue weighted by atomic mass is 16.1. The summed E-state index contributed by atoms with van der Waals surface area (Å²) >= 11 is 0. The van der Waals surface area contributed by atoms with Crippen LogP contribution in [-0.2, 0) is 11.3 Å². The quantitative estimate of drug-likeness (QED) is 0.488. The van der Waals surface area contributed by atoms with Gasteiger partial charge in [0, 0.05) is 17.9 Å². The Kier molecular flexibility index (Phi) is 5.38. The molecule has 0 heterocycles. The third-order valence-corrected chi connectivity index (χ3v) is 3.09. The van der Waals surface area contributed by atoms with Crippen LogP contribution in [0.15, 0.2) is 65.8 Å². The van der Waals surface area contributed by atoms with Crippen molar-refractivity contribution in [3.63, 3.8) is 0 Å². The largest absolute Gasteiger partial charge is 0.352 e. The van der Waals surface area contributed by atoms with Crippen LogP contribution in [0.3, 0.4) is 0 Å². The molecule has 21 heavy (non-hydrogen) atoms. The van der Waals surface area contributed by atoms with Crippen molar-refractivity contribution < 1.29 is 4.79 Å². The Morgan fingerprint density at radius 2 is 1.71 bits per heavy atom. The number of hydrogen-bond donors (Lipinski definition) is 1. The van der Waals surface area contributed by atoms with Gasteiger partial charge in [0.1, 0.15) is 0 Å². The van der Waals surface area contributed by atoms with Crippen LogP contribution in [0.5, 0.6) is 0 Å². The van der Waals surface area contributed by atoms with Crippen LogP contribution in [0.25, 0.3) is 10.4 Å². The number of rotatable bonds is 6. The predicted molar refractivity (Wildman–Crippen MR) is 81.2 cm³/mol. The van der Waals surface area contributed by atoms with Crippen LogP contribution in [-0.4, -0.2) is 5.91 Å². The van der Waals surface area contributed by atoms with Crippen LogP contribution in [0, 0.1) is 0 Å². The lowest BCUT2D eigenvalue weighted by atomic mass is 10.0. The molecule has 0 saturated heterocycles. The molecule has 2 aromatic carbocycles. The summed E-state index contributed by atoms with van der Waals surface area (Å²) in [4.78, 5) is 14.8. The maximum Gasteiger partial charge on any atom is 0.221 e. The Labute approximate surface area is 123 Å². The lowest BCUT2D eigenvalue weighted by Crippen LogP contribution is -2.24. The lowest BCUT2D eigenvalue weighted by molar-refractivity contribution is -0.121. The number of amides is 1. The minimum Gasteiger partial charge on any atom is -0.352 e. The van der Waals surface area contributed by atoms with E-state index in [-0.39, 0.29) is 12.3 Å². The van der Waals surface area contributed by atoms with Gasteiger partial charge in [0.15, 0.2) is 0 Å². The molecule has 0 aliphatic rings. The molecule has 2 rings (SSSR count). The molecule has 0 spiro atoms. The molecule has 1 unspecified atom stereocenters. The van der Waals surface area contributed by atoms with E-state index in [9.17, 15) is 4.79 Å². The van der Waals surface area contributed by atoms with Crippen molar-refractivity contribution in [2.75, 3.05) is 0 Å². The molecule has 1 amide bonds. The van der Waals surface area contributed by atoms with Gasteiger partial charge >= 0.3 is 0 Å². The molecule has 1 atom stereocenters. The standard InChI is InChI=1S/C16H16N4O/c17-20-19-15(14-9-5-2-6-10-14)11-16(21)18-12-13-7-3-1-4-8-13/h1-10,15H,11-12H2,(H,18,21). The van der Waals surface area contributed by atoms with Gasteiger partial charge in [-0.25, -0.2) is 0 Å². The van der Waals surface area contributed by atoms with Crippen molar-refractivity contribution >= 4 is 5.91 Å². The van der Waals surface area contributed by atoms with E-state index in [1.165, 1.54) is 0 Å². The number of carbonyl (C=O) groups is 1. The first kappa shape index (κ1) is 14.6.